The lowest BCUT2D eigenvalue weighted by atomic mass is 10.2. The molecule has 2 aromatic carbocycles. The number of nitrogens with zero attached hydrogens (tertiary/aromatic N) is 2. The van der Waals surface area contributed by atoms with Gasteiger partial charge in [0, 0.05) is 16.5 Å². The Hall–Kier alpha value is -1.43. The lowest BCUT2D eigenvalue weighted by molar-refractivity contribution is 0.426. The third-order valence-electron chi connectivity index (χ3n) is 3.06. The summed E-state index contributed by atoms with van der Waals surface area (Å²) in [5.41, 5.74) is 2.48. The van der Waals surface area contributed by atoms with Gasteiger partial charge in [0.1, 0.15) is 0 Å². The number of thioether (sulfide) groups is 2. The normalized spacial score (nSPS) is 10.8. The van der Waals surface area contributed by atoms with Crippen LogP contribution in [0, 0.1) is 0 Å². The molecule has 0 radical (unpaired) electrons. The van der Waals surface area contributed by atoms with Crippen molar-refractivity contribution in [3.8, 4) is 0 Å². The van der Waals surface area contributed by atoms with Crippen LogP contribution in [0.3, 0.4) is 0 Å². The van der Waals surface area contributed by atoms with Gasteiger partial charge in [-0.25, -0.2) is 0 Å². The molecule has 0 atom stereocenters. The number of aromatic nitrogens is 2. The van der Waals surface area contributed by atoms with Gasteiger partial charge in [-0.2, -0.15) is 0 Å². The van der Waals surface area contributed by atoms with E-state index in [1.54, 1.807) is 23.5 Å². The van der Waals surface area contributed by atoms with Gasteiger partial charge in [-0.15, -0.1) is 22.0 Å². The Balaban J connectivity index is 1.44. The molecule has 0 aliphatic carbocycles. The van der Waals surface area contributed by atoms with Gasteiger partial charge in [-0.05, 0) is 23.3 Å². The molecular formula is C17H15ClN2OS2. The first-order valence-electron chi connectivity index (χ1n) is 7.11. The first-order valence-corrected chi connectivity index (χ1v) is 9.63. The van der Waals surface area contributed by atoms with E-state index in [0.717, 1.165) is 16.5 Å². The minimum atomic E-state index is 0.621. The molecule has 3 aromatic rings. The smallest absolute Gasteiger partial charge is 0.276 e. The average molecular weight is 363 g/mol. The Bertz CT molecular complexity index is 732. The summed E-state index contributed by atoms with van der Waals surface area (Å²) in [5.74, 6) is 3.10. The molecule has 118 valence electrons. The quantitative estimate of drug-likeness (QED) is 0.522. The summed E-state index contributed by atoms with van der Waals surface area (Å²) in [6.45, 7) is 0. The second-order valence-corrected chi connectivity index (χ2v) is 7.20. The SMILES string of the molecule is Clc1ccc(CSCc2nnc(SCc3ccccc3)o2)cc1. The van der Waals surface area contributed by atoms with Crippen LogP contribution < -0.4 is 0 Å². The van der Waals surface area contributed by atoms with Crippen molar-refractivity contribution in [2.45, 2.75) is 22.5 Å². The van der Waals surface area contributed by atoms with Crippen molar-refractivity contribution in [2.24, 2.45) is 0 Å². The molecule has 3 rings (SSSR count). The molecule has 0 aliphatic heterocycles. The van der Waals surface area contributed by atoms with Gasteiger partial charge in [0.05, 0.1) is 5.75 Å². The second kappa shape index (κ2) is 8.43. The largest absolute Gasteiger partial charge is 0.415 e. The fraction of sp³-hybridized carbons (Fsp3) is 0.176. The molecule has 0 spiro atoms. The van der Waals surface area contributed by atoms with Crippen molar-refractivity contribution in [1.29, 1.82) is 0 Å². The number of halogens is 1. The van der Waals surface area contributed by atoms with Crippen LogP contribution in [-0.2, 0) is 17.3 Å². The van der Waals surface area contributed by atoms with E-state index in [4.69, 9.17) is 16.0 Å². The van der Waals surface area contributed by atoms with Crippen molar-refractivity contribution >= 4 is 35.1 Å². The molecule has 23 heavy (non-hydrogen) atoms. The summed E-state index contributed by atoms with van der Waals surface area (Å²) in [4.78, 5) is 0. The molecule has 1 heterocycles. The van der Waals surface area contributed by atoms with E-state index < -0.39 is 0 Å². The van der Waals surface area contributed by atoms with Crippen LogP contribution in [0.15, 0.2) is 64.2 Å². The van der Waals surface area contributed by atoms with E-state index >= 15 is 0 Å². The Morgan fingerprint density at radius 1 is 0.826 bits per heavy atom. The van der Waals surface area contributed by atoms with E-state index in [1.807, 2.05) is 42.5 Å². The van der Waals surface area contributed by atoms with Crippen LogP contribution >= 0.6 is 35.1 Å². The summed E-state index contributed by atoms with van der Waals surface area (Å²) in [6.07, 6.45) is 0. The Labute approximate surface area is 148 Å². The highest BCUT2D eigenvalue weighted by atomic mass is 35.5. The van der Waals surface area contributed by atoms with Crippen molar-refractivity contribution in [3.05, 3.63) is 76.6 Å². The number of benzene rings is 2. The molecule has 0 unspecified atom stereocenters. The number of hydrogen-bond acceptors (Lipinski definition) is 5. The lowest BCUT2D eigenvalue weighted by Crippen LogP contribution is -1.83. The standard InChI is InChI=1S/C17H15ClN2OS2/c18-15-8-6-14(7-9-15)10-22-12-16-19-20-17(21-16)23-11-13-4-2-1-3-5-13/h1-9H,10-12H2. The van der Waals surface area contributed by atoms with Crippen LogP contribution in [0.1, 0.15) is 17.0 Å². The van der Waals surface area contributed by atoms with Crippen molar-refractivity contribution in [1.82, 2.24) is 10.2 Å². The maximum atomic E-state index is 5.88. The van der Waals surface area contributed by atoms with Gasteiger partial charge in [-0.3, -0.25) is 0 Å². The molecule has 1 aromatic heterocycles. The molecule has 0 saturated heterocycles. The minimum absolute atomic E-state index is 0.621. The highest BCUT2D eigenvalue weighted by molar-refractivity contribution is 7.98. The van der Waals surface area contributed by atoms with E-state index in [1.165, 1.54) is 11.1 Å². The molecule has 0 aliphatic rings. The lowest BCUT2D eigenvalue weighted by Gasteiger charge is -1.99. The third-order valence-corrected chi connectivity index (χ3v) is 5.19. The summed E-state index contributed by atoms with van der Waals surface area (Å²) >= 11 is 9.18. The molecule has 0 saturated carbocycles. The first kappa shape index (κ1) is 16.4. The molecule has 0 bridgehead atoms. The maximum absolute atomic E-state index is 5.88. The zero-order chi connectivity index (χ0) is 15.9. The van der Waals surface area contributed by atoms with Gasteiger partial charge < -0.3 is 4.42 Å². The molecule has 0 amide bonds. The molecule has 6 heteroatoms. The highest BCUT2D eigenvalue weighted by Gasteiger charge is 2.07. The van der Waals surface area contributed by atoms with E-state index in [-0.39, 0.29) is 0 Å². The van der Waals surface area contributed by atoms with E-state index in [2.05, 4.69) is 22.3 Å². The van der Waals surface area contributed by atoms with Crippen molar-refractivity contribution in [2.75, 3.05) is 0 Å². The first-order chi connectivity index (χ1) is 11.3. The van der Waals surface area contributed by atoms with Crippen LogP contribution in [-0.4, -0.2) is 10.2 Å². The van der Waals surface area contributed by atoms with Crippen molar-refractivity contribution in [3.63, 3.8) is 0 Å². The van der Waals surface area contributed by atoms with Crippen LogP contribution in [0.5, 0.6) is 0 Å². The van der Waals surface area contributed by atoms with E-state index in [0.29, 0.717) is 16.9 Å². The second-order valence-electron chi connectivity index (χ2n) is 4.86. The van der Waals surface area contributed by atoms with Crippen molar-refractivity contribution < 1.29 is 4.42 Å². The Morgan fingerprint density at radius 2 is 1.57 bits per heavy atom. The Morgan fingerprint density at radius 3 is 2.35 bits per heavy atom. The number of rotatable bonds is 7. The van der Waals surface area contributed by atoms with Gasteiger partial charge in [-0.1, -0.05) is 65.8 Å². The number of hydrogen-bond donors (Lipinski definition) is 0. The maximum Gasteiger partial charge on any atom is 0.276 e. The van der Waals surface area contributed by atoms with Gasteiger partial charge in [0.15, 0.2) is 0 Å². The van der Waals surface area contributed by atoms with E-state index in [9.17, 15) is 0 Å². The summed E-state index contributed by atoms with van der Waals surface area (Å²) in [6, 6.07) is 18.1. The topological polar surface area (TPSA) is 38.9 Å². The highest BCUT2D eigenvalue weighted by Crippen LogP contribution is 2.24. The fourth-order valence-corrected chi connectivity index (χ4v) is 3.59. The predicted molar refractivity (Wildman–Crippen MR) is 96.8 cm³/mol. The minimum Gasteiger partial charge on any atom is -0.415 e. The summed E-state index contributed by atoms with van der Waals surface area (Å²) in [5, 5.41) is 9.56. The molecule has 3 nitrogen and oxygen atoms in total. The third kappa shape index (κ3) is 5.30. The van der Waals surface area contributed by atoms with Gasteiger partial charge in [0.2, 0.25) is 5.89 Å². The zero-order valence-corrected chi connectivity index (χ0v) is 14.7. The van der Waals surface area contributed by atoms with Crippen LogP contribution in [0.2, 0.25) is 5.02 Å². The molecule has 0 fully saturated rings. The molecular weight excluding hydrogens is 348 g/mol. The summed E-state index contributed by atoms with van der Waals surface area (Å²) < 4.78 is 5.66. The fourth-order valence-electron chi connectivity index (χ4n) is 1.91. The summed E-state index contributed by atoms with van der Waals surface area (Å²) in [7, 11) is 0. The van der Waals surface area contributed by atoms with Gasteiger partial charge >= 0.3 is 0 Å². The zero-order valence-electron chi connectivity index (χ0n) is 12.3. The van der Waals surface area contributed by atoms with Crippen LogP contribution in [0.4, 0.5) is 0 Å². The predicted octanol–water partition coefficient (Wildman–Crippen LogP) is 5.45. The molecule has 0 N–H and O–H groups in total. The average Bonchev–Trinajstić information content (AvgIpc) is 3.04. The van der Waals surface area contributed by atoms with Crippen LogP contribution in [0.25, 0.3) is 0 Å². The Kier molecular flexibility index (Phi) is 6.02. The monoisotopic (exact) mass is 362 g/mol. The van der Waals surface area contributed by atoms with Gasteiger partial charge in [0.25, 0.3) is 5.22 Å².